The van der Waals surface area contributed by atoms with E-state index in [1.165, 1.54) is 6.08 Å². The molecule has 2 rings (SSSR count). The second kappa shape index (κ2) is 7.10. The zero-order chi connectivity index (χ0) is 14.4. The van der Waals surface area contributed by atoms with Crippen LogP contribution in [0.2, 0.25) is 5.15 Å². The van der Waals surface area contributed by atoms with Crippen molar-refractivity contribution < 1.29 is 4.79 Å². The highest BCUT2D eigenvalue weighted by Gasteiger charge is 2.06. The van der Waals surface area contributed by atoms with E-state index in [-0.39, 0.29) is 5.91 Å². The zero-order valence-electron chi connectivity index (χ0n) is 11.5. The predicted molar refractivity (Wildman–Crippen MR) is 81.8 cm³/mol. The van der Waals surface area contributed by atoms with Crippen LogP contribution in [0.25, 0.3) is 11.7 Å². The van der Waals surface area contributed by atoms with Gasteiger partial charge in [0.2, 0.25) is 5.91 Å². The lowest BCUT2D eigenvalue weighted by Crippen LogP contribution is -2.21. The summed E-state index contributed by atoms with van der Waals surface area (Å²) in [6.45, 7) is 2.84. The van der Waals surface area contributed by atoms with Gasteiger partial charge in [-0.1, -0.05) is 37.4 Å². The molecule has 2 heterocycles. The molecule has 5 heteroatoms. The molecule has 1 amide bonds. The molecule has 0 fully saturated rings. The van der Waals surface area contributed by atoms with Crippen LogP contribution in [0, 0.1) is 0 Å². The van der Waals surface area contributed by atoms with Crippen LogP contribution in [0.4, 0.5) is 0 Å². The van der Waals surface area contributed by atoms with Crippen molar-refractivity contribution in [1.29, 1.82) is 0 Å². The van der Waals surface area contributed by atoms with Crippen molar-refractivity contribution in [3.05, 3.63) is 41.3 Å². The molecule has 0 bridgehead atoms. The van der Waals surface area contributed by atoms with Crippen LogP contribution in [0.1, 0.15) is 31.9 Å². The molecule has 0 aliphatic carbocycles. The minimum atomic E-state index is -0.108. The summed E-state index contributed by atoms with van der Waals surface area (Å²) < 4.78 is 1.85. The number of aromatic nitrogens is 2. The Labute approximate surface area is 123 Å². The smallest absolute Gasteiger partial charge is 0.244 e. The van der Waals surface area contributed by atoms with Gasteiger partial charge >= 0.3 is 0 Å². The summed E-state index contributed by atoms with van der Waals surface area (Å²) >= 11 is 6.08. The van der Waals surface area contributed by atoms with Gasteiger partial charge in [0.1, 0.15) is 5.65 Å². The van der Waals surface area contributed by atoms with E-state index in [0.717, 1.165) is 24.9 Å². The molecule has 0 atom stereocenters. The van der Waals surface area contributed by atoms with Crippen molar-refractivity contribution >= 4 is 29.2 Å². The molecule has 2 aromatic rings. The second-order valence-corrected chi connectivity index (χ2v) is 4.91. The summed E-state index contributed by atoms with van der Waals surface area (Å²) in [6.07, 6.45) is 8.33. The highest BCUT2D eigenvalue weighted by atomic mass is 35.5. The zero-order valence-corrected chi connectivity index (χ0v) is 12.2. The first-order valence-corrected chi connectivity index (χ1v) is 7.18. The van der Waals surface area contributed by atoms with Gasteiger partial charge in [-0.25, -0.2) is 4.98 Å². The van der Waals surface area contributed by atoms with Gasteiger partial charge < -0.3 is 5.32 Å². The molecule has 20 heavy (non-hydrogen) atoms. The summed E-state index contributed by atoms with van der Waals surface area (Å²) in [5, 5.41) is 3.24. The summed E-state index contributed by atoms with van der Waals surface area (Å²) in [4.78, 5) is 15.9. The highest BCUT2D eigenvalue weighted by molar-refractivity contribution is 6.31. The molecule has 106 valence electrons. The maximum absolute atomic E-state index is 11.7. The van der Waals surface area contributed by atoms with Crippen molar-refractivity contribution in [2.45, 2.75) is 26.2 Å². The van der Waals surface area contributed by atoms with E-state index < -0.39 is 0 Å². The van der Waals surface area contributed by atoms with Crippen LogP contribution in [0.15, 0.2) is 30.5 Å². The van der Waals surface area contributed by atoms with E-state index in [1.807, 2.05) is 28.8 Å². The molecule has 0 aliphatic heterocycles. The molecule has 0 saturated carbocycles. The Balaban J connectivity index is 2.02. The van der Waals surface area contributed by atoms with Gasteiger partial charge in [-0.2, -0.15) is 0 Å². The number of unbranched alkanes of at least 4 members (excludes halogenated alkanes) is 2. The maximum Gasteiger partial charge on any atom is 0.244 e. The standard InChI is InChI=1S/C15H18ClN3O/c1-2-3-5-10-17-14(20)9-8-12-15(16)18-13-7-4-6-11-19(12)13/h4,6-9,11H,2-3,5,10H2,1H3,(H,17,20). The van der Waals surface area contributed by atoms with Crippen molar-refractivity contribution in [1.82, 2.24) is 14.7 Å². The fraction of sp³-hybridized carbons (Fsp3) is 0.333. The Hall–Kier alpha value is -1.81. The molecule has 0 aliphatic rings. The Kier molecular flexibility index (Phi) is 5.18. The van der Waals surface area contributed by atoms with Gasteiger partial charge in [0, 0.05) is 18.8 Å². The fourth-order valence-corrected chi connectivity index (χ4v) is 2.18. The number of carbonyl (C=O) groups is 1. The van der Waals surface area contributed by atoms with E-state index >= 15 is 0 Å². The van der Waals surface area contributed by atoms with Crippen molar-refractivity contribution in [2.75, 3.05) is 6.54 Å². The van der Waals surface area contributed by atoms with Crippen LogP contribution in [-0.2, 0) is 4.79 Å². The van der Waals surface area contributed by atoms with Crippen molar-refractivity contribution in [3.63, 3.8) is 0 Å². The number of halogens is 1. The van der Waals surface area contributed by atoms with E-state index in [2.05, 4.69) is 17.2 Å². The van der Waals surface area contributed by atoms with Crippen molar-refractivity contribution in [2.24, 2.45) is 0 Å². The van der Waals surface area contributed by atoms with E-state index in [0.29, 0.717) is 17.4 Å². The van der Waals surface area contributed by atoms with E-state index in [1.54, 1.807) is 6.08 Å². The third-order valence-electron chi connectivity index (χ3n) is 2.99. The number of amides is 1. The number of nitrogens with zero attached hydrogens (tertiary/aromatic N) is 2. The topological polar surface area (TPSA) is 46.4 Å². The summed E-state index contributed by atoms with van der Waals surface area (Å²) in [6, 6.07) is 5.66. The predicted octanol–water partition coefficient (Wildman–Crippen LogP) is 3.31. The van der Waals surface area contributed by atoms with Gasteiger partial charge in [0.15, 0.2) is 5.15 Å². The minimum absolute atomic E-state index is 0.108. The monoisotopic (exact) mass is 291 g/mol. The van der Waals surface area contributed by atoms with Gasteiger partial charge in [0.05, 0.1) is 5.69 Å². The second-order valence-electron chi connectivity index (χ2n) is 4.55. The first kappa shape index (κ1) is 14.6. The van der Waals surface area contributed by atoms with Gasteiger partial charge in [0.25, 0.3) is 0 Å². The third kappa shape index (κ3) is 3.61. The maximum atomic E-state index is 11.7. The molecule has 0 unspecified atom stereocenters. The first-order valence-electron chi connectivity index (χ1n) is 6.81. The summed E-state index contributed by atoms with van der Waals surface area (Å²) in [5.74, 6) is -0.108. The molecular formula is C15H18ClN3O. The Morgan fingerprint density at radius 2 is 2.30 bits per heavy atom. The van der Waals surface area contributed by atoms with E-state index in [4.69, 9.17) is 11.6 Å². The largest absolute Gasteiger partial charge is 0.353 e. The molecule has 0 radical (unpaired) electrons. The van der Waals surface area contributed by atoms with Crippen LogP contribution >= 0.6 is 11.6 Å². The number of rotatable bonds is 6. The molecule has 2 aromatic heterocycles. The van der Waals surface area contributed by atoms with Gasteiger partial charge in [-0.15, -0.1) is 0 Å². The number of imidazole rings is 1. The minimum Gasteiger partial charge on any atom is -0.353 e. The SMILES string of the molecule is CCCCCNC(=O)C=Cc1c(Cl)nc2ccccn12. The van der Waals surface area contributed by atoms with Crippen molar-refractivity contribution in [3.8, 4) is 0 Å². The molecule has 1 N–H and O–H groups in total. The van der Waals surface area contributed by atoms with Crippen LogP contribution in [0.3, 0.4) is 0 Å². The number of hydrogen-bond acceptors (Lipinski definition) is 2. The Bertz CT molecular complexity index is 619. The molecular weight excluding hydrogens is 274 g/mol. The van der Waals surface area contributed by atoms with Crippen LogP contribution < -0.4 is 5.32 Å². The van der Waals surface area contributed by atoms with Gasteiger partial charge in [-0.3, -0.25) is 9.20 Å². The number of carbonyl (C=O) groups excluding carboxylic acids is 1. The number of nitrogens with one attached hydrogen (secondary N) is 1. The van der Waals surface area contributed by atoms with E-state index in [9.17, 15) is 4.79 Å². The van der Waals surface area contributed by atoms with Gasteiger partial charge in [-0.05, 0) is 24.6 Å². The first-order chi connectivity index (χ1) is 9.72. The third-order valence-corrected chi connectivity index (χ3v) is 3.27. The summed E-state index contributed by atoms with van der Waals surface area (Å²) in [7, 11) is 0. The normalized spacial score (nSPS) is 11.3. The number of fused-ring (bicyclic) bond motifs is 1. The van der Waals surface area contributed by atoms with Crippen LogP contribution in [-0.4, -0.2) is 21.8 Å². The average Bonchev–Trinajstić information content (AvgIpc) is 2.77. The number of pyridine rings is 1. The lowest BCUT2D eigenvalue weighted by atomic mass is 10.2. The lowest BCUT2D eigenvalue weighted by Gasteiger charge is -2.00. The Morgan fingerprint density at radius 3 is 3.10 bits per heavy atom. The Morgan fingerprint density at radius 1 is 1.45 bits per heavy atom. The van der Waals surface area contributed by atoms with Crippen LogP contribution in [0.5, 0.6) is 0 Å². The highest BCUT2D eigenvalue weighted by Crippen LogP contribution is 2.18. The summed E-state index contributed by atoms with van der Waals surface area (Å²) in [5.41, 5.74) is 1.48. The number of hydrogen-bond donors (Lipinski definition) is 1. The molecule has 0 spiro atoms. The lowest BCUT2D eigenvalue weighted by molar-refractivity contribution is -0.116. The molecule has 4 nitrogen and oxygen atoms in total. The average molecular weight is 292 g/mol. The molecule has 0 aromatic carbocycles. The fourth-order valence-electron chi connectivity index (χ4n) is 1.94. The quantitative estimate of drug-likeness (QED) is 0.655. The molecule has 0 saturated heterocycles.